The van der Waals surface area contributed by atoms with Crippen molar-refractivity contribution < 1.29 is 4.74 Å². The molecule has 3 heteroatoms. The molecule has 94 valence electrons. The van der Waals surface area contributed by atoms with Crippen molar-refractivity contribution in [3.63, 3.8) is 0 Å². The molecular weight excluding hydrogens is 212 g/mol. The summed E-state index contributed by atoms with van der Waals surface area (Å²) in [4.78, 5) is 2.50. The van der Waals surface area contributed by atoms with Crippen LogP contribution in [0.3, 0.4) is 0 Å². The number of benzene rings is 1. The SMILES string of the molecule is COc1ccc(CN2CCC[C@@H](CN)C2)cc1. The average Bonchev–Trinajstić information content (AvgIpc) is 2.40. The van der Waals surface area contributed by atoms with Gasteiger partial charge in [-0.15, -0.1) is 0 Å². The van der Waals surface area contributed by atoms with E-state index < -0.39 is 0 Å². The number of piperidine rings is 1. The van der Waals surface area contributed by atoms with Gasteiger partial charge in [0.15, 0.2) is 0 Å². The minimum absolute atomic E-state index is 0.682. The molecule has 0 amide bonds. The minimum Gasteiger partial charge on any atom is -0.497 e. The first-order valence-electron chi connectivity index (χ1n) is 6.37. The van der Waals surface area contributed by atoms with E-state index >= 15 is 0 Å². The van der Waals surface area contributed by atoms with E-state index in [2.05, 4.69) is 17.0 Å². The van der Waals surface area contributed by atoms with E-state index in [-0.39, 0.29) is 0 Å². The van der Waals surface area contributed by atoms with Crippen molar-refractivity contribution in [3.8, 4) is 5.75 Å². The second-order valence-corrected chi connectivity index (χ2v) is 4.83. The molecule has 1 saturated heterocycles. The standard InChI is InChI=1S/C14H22N2O/c1-17-14-6-4-12(5-7-14)10-16-8-2-3-13(9-15)11-16/h4-7,13H,2-3,8-11,15H2,1H3/t13-/m0/s1. The number of hydrogen-bond acceptors (Lipinski definition) is 3. The molecule has 0 spiro atoms. The van der Waals surface area contributed by atoms with Crippen LogP contribution in [0.2, 0.25) is 0 Å². The number of likely N-dealkylation sites (tertiary alicyclic amines) is 1. The molecule has 0 aliphatic carbocycles. The van der Waals surface area contributed by atoms with E-state index in [9.17, 15) is 0 Å². The molecule has 0 saturated carbocycles. The second kappa shape index (κ2) is 6.03. The van der Waals surface area contributed by atoms with Crippen LogP contribution in [0.25, 0.3) is 0 Å². The van der Waals surface area contributed by atoms with Crippen LogP contribution < -0.4 is 10.5 Å². The number of rotatable bonds is 4. The summed E-state index contributed by atoms with van der Waals surface area (Å²) in [6.07, 6.45) is 2.56. The summed E-state index contributed by atoms with van der Waals surface area (Å²) in [6, 6.07) is 8.34. The normalized spacial score (nSPS) is 21.4. The smallest absolute Gasteiger partial charge is 0.118 e. The van der Waals surface area contributed by atoms with Crippen molar-refractivity contribution >= 4 is 0 Å². The average molecular weight is 234 g/mol. The summed E-state index contributed by atoms with van der Waals surface area (Å²) in [5, 5.41) is 0. The summed E-state index contributed by atoms with van der Waals surface area (Å²) in [5.74, 6) is 1.61. The van der Waals surface area contributed by atoms with Crippen LogP contribution in [-0.2, 0) is 6.54 Å². The zero-order valence-electron chi connectivity index (χ0n) is 10.6. The van der Waals surface area contributed by atoms with Crippen LogP contribution >= 0.6 is 0 Å². The van der Waals surface area contributed by atoms with Gasteiger partial charge in [-0.1, -0.05) is 12.1 Å². The largest absolute Gasteiger partial charge is 0.497 e. The first-order valence-corrected chi connectivity index (χ1v) is 6.37. The molecule has 0 bridgehead atoms. The molecule has 1 atom stereocenters. The monoisotopic (exact) mass is 234 g/mol. The summed E-state index contributed by atoms with van der Waals surface area (Å²) in [6.45, 7) is 4.19. The van der Waals surface area contributed by atoms with Gasteiger partial charge in [-0.3, -0.25) is 4.90 Å². The van der Waals surface area contributed by atoms with Crippen molar-refractivity contribution in [1.82, 2.24) is 4.90 Å². The Balaban J connectivity index is 1.90. The lowest BCUT2D eigenvalue weighted by atomic mass is 9.98. The van der Waals surface area contributed by atoms with Crippen LogP contribution in [0.5, 0.6) is 5.75 Å². The summed E-state index contributed by atoms with van der Waals surface area (Å²) >= 11 is 0. The fraction of sp³-hybridized carbons (Fsp3) is 0.571. The van der Waals surface area contributed by atoms with Gasteiger partial charge in [0.2, 0.25) is 0 Å². The van der Waals surface area contributed by atoms with Crippen LogP contribution in [0.4, 0.5) is 0 Å². The highest BCUT2D eigenvalue weighted by atomic mass is 16.5. The molecule has 1 aromatic carbocycles. The molecule has 3 nitrogen and oxygen atoms in total. The predicted molar refractivity (Wildman–Crippen MR) is 70.0 cm³/mol. The summed E-state index contributed by atoms with van der Waals surface area (Å²) < 4.78 is 5.16. The number of nitrogens with two attached hydrogens (primary N) is 1. The van der Waals surface area contributed by atoms with Crippen LogP contribution in [0.1, 0.15) is 18.4 Å². The summed E-state index contributed by atoms with van der Waals surface area (Å²) in [7, 11) is 1.70. The first kappa shape index (κ1) is 12.4. The van der Waals surface area contributed by atoms with Gasteiger partial charge in [0.1, 0.15) is 5.75 Å². The van der Waals surface area contributed by atoms with E-state index in [1.807, 2.05) is 12.1 Å². The van der Waals surface area contributed by atoms with Gasteiger partial charge in [-0.2, -0.15) is 0 Å². The third-order valence-electron chi connectivity index (χ3n) is 3.50. The molecular formula is C14H22N2O. The van der Waals surface area contributed by atoms with Gasteiger partial charge in [0, 0.05) is 13.1 Å². The highest BCUT2D eigenvalue weighted by molar-refractivity contribution is 5.27. The topological polar surface area (TPSA) is 38.5 Å². The molecule has 0 aromatic heterocycles. The molecule has 1 aliphatic heterocycles. The number of methoxy groups -OCH3 is 1. The Bertz CT molecular complexity index is 337. The van der Waals surface area contributed by atoms with Gasteiger partial charge in [-0.25, -0.2) is 0 Å². The fourth-order valence-electron chi connectivity index (χ4n) is 2.48. The minimum atomic E-state index is 0.682. The molecule has 0 unspecified atom stereocenters. The lowest BCUT2D eigenvalue weighted by molar-refractivity contribution is 0.171. The fourth-order valence-corrected chi connectivity index (χ4v) is 2.48. The zero-order valence-corrected chi connectivity index (χ0v) is 10.6. The Morgan fingerprint density at radius 3 is 2.76 bits per heavy atom. The highest BCUT2D eigenvalue weighted by Crippen LogP contribution is 2.19. The molecule has 17 heavy (non-hydrogen) atoms. The third kappa shape index (κ3) is 3.45. The van der Waals surface area contributed by atoms with E-state index in [4.69, 9.17) is 10.5 Å². The number of ether oxygens (including phenoxy) is 1. The predicted octanol–water partition coefficient (Wildman–Crippen LogP) is 1.87. The van der Waals surface area contributed by atoms with Gasteiger partial charge in [0.25, 0.3) is 0 Å². The Labute approximate surface area is 104 Å². The third-order valence-corrected chi connectivity index (χ3v) is 3.50. The Morgan fingerprint density at radius 1 is 1.35 bits per heavy atom. The maximum atomic E-state index is 5.75. The molecule has 0 radical (unpaired) electrons. The zero-order chi connectivity index (χ0) is 12.1. The van der Waals surface area contributed by atoms with Crippen LogP contribution in [0.15, 0.2) is 24.3 Å². The molecule has 1 fully saturated rings. The molecule has 1 aromatic rings. The lowest BCUT2D eigenvalue weighted by Crippen LogP contribution is -2.37. The molecule has 1 heterocycles. The number of nitrogens with zero attached hydrogens (tertiary/aromatic N) is 1. The molecule has 1 aliphatic rings. The van der Waals surface area contributed by atoms with Crippen LogP contribution in [0, 0.1) is 5.92 Å². The van der Waals surface area contributed by atoms with E-state index in [0.29, 0.717) is 5.92 Å². The molecule has 2 N–H and O–H groups in total. The van der Waals surface area contributed by atoms with Crippen LogP contribution in [-0.4, -0.2) is 31.6 Å². The van der Waals surface area contributed by atoms with Gasteiger partial charge < -0.3 is 10.5 Å². The highest BCUT2D eigenvalue weighted by Gasteiger charge is 2.18. The quantitative estimate of drug-likeness (QED) is 0.864. The van der Waals surface area contributed by atoms with Crippen molar-refractivity contribution in [3.05, 3.63) is 29.8 Å². The van der Waals surface area contributed by atoms with Gasteiger partial charge in [-0.05, 0) is 49.5 Å². The van der Waals surface area contributed by atoms with Crippen molar-refractivity contribution in [1.29, 1.82) is 0 Å². The van der Waals surface area contributed by atoms with E-state index in [0.717, 1.165) is 25.4 Å². The molecule has 2 rings (SSSR count). The Morgan fingerprint density at radius 2 is 2.12 bits per heavy atom. The Kier molecular flexibility index (Phi) is 4.40. The maximum Gasteiger partial charge on any atom is 0.118 e. The number of hydrogen-bond donors (Lipinski definition) is 1. The first-order chi connectivity index (χ1) is 8.31. The van der Waals surface area contributed by atoms with Crippen molar-refractivity contribution in [2.75, 3.05) is 26.7 Å². The van der Waals surface area contributed by atoms with Crippen molar-refractivity contribution in [2.45, 2.75) is 19.4 Å². The van der Waals surface area contributed by atoms with Gasteiger partial charge in [0.05, 0.1) is 7.11 Å². The second-order valence-electron chi connectivity index (χ2n) is 4.83. The van der Waals surface area contributed by atoms with E-state index in [1.54, 1.807) is 7.11 Å². The van der Waals surface area contributed by atoms with E-state index in [1.165, 1.54) is 24.9 Å². The van der Waals surface area contributed by atoms with Gasteiger partial charge >= 0.3 is 0 Å². The summed E-state index contributed by atoms with van der Waals surface area (Å²) in [5.41, 5.74) is 7.10. The lowest BCUT2D eigenvalue weighted by Gasteiger charge is -2.32. The Hall–Kier alpha value is -1.06. The maximum absolute atomic E-state index is 5.75. The van der Waals surface area contributed by atoms with Crippen molar-refractivity contribution in [2.24, 2.45) is 11.7 Å².